The average Bonchev–Trinajstić information content (AvgIpc) is 3.74. The van der Waals surface area contributed by atoms with E-state index < -0.39 is 17.2 Å². The summed E-state index contributed by atoms with van der Waals surface area (Å²) in [6.07, 6.45) is 4.27. The number of pyridine rings is 2. The number of amides is 1. The van der Waals surface area contributed by atoms with Gasteiger partial charge in [0.15, 0.2) is 5.65 Å². The monoisotopic (exact) mass is 485 g/mol. The van der Waals surface area contributed by atoms with Gasteiger partial charge in [0.25, 0.3) is 11.5 Å². The van der Waals surface area contributed by atoms with E-state index in [1.54, 1.807) is 24.4 Å². The first-order chi connectivity index (χ1) is 17.5. The lowest BCUT2D eigenvalue weighted by Crippen LogP contribution is -2.33. The second-order valence-electron chi connectivity index (χ2n) is 8.94. The summed E-state index contributed by atoms with van der Waals surface area (Å²) in [6, 6.07) is 15.0. The number of aryl methyl sites for hydroxylation is 1. The summed E-state index contributed by atoms with van der Waals surface area (Å²) in [5.74, 6) is 0.297. The fourth-order valence-electron chi connectivity index (χ4n) is 4.14. The number of carbonyl (C=O) groups excluding carboxylic acids is 1. The van der Waals surface area contributed by atoms with Crippen LogP contribution in [0.5, 0.6) is 5.88 Å². The number of hydrogen-bond acceptors (Lipinski definition) is 6. The number of ether oxygens (including phenoxy) is 1. The lowest BCUT2D eigenvalue weighted by atomic mass is 10.1. The number of H-pyrrole nitrogens is 1. The molecule has 0 radical (unpaired) electrons. The van der Waals surface area contributed by atoms with Crippen LogP contribution < -0.4 is 21.3 Å². The summed E-state index contributed by atoms with van der Waals surface area (Å²) in [5, 5.41) is 3.03. The zero-order chi connectivity index (χ0) is 25.1. The molecule has 1 saturated carbocycles. The molecule has 1 fully saturated rings. The topological polar surface area (TPSA) is 119 Å². The minimum absolute atomic E-state index is 0.131. The van der Waals surface area contributed by atoms with Gasteiger partial charge >= 0.3 is 5.69 Å². The molecule has 0 aliphatic heterocycles. The Balaban J connectivity index is 1.39. The summed E-state index contributed by atoms with van der Waals surface area (Å²) in [4.78, 5) is 49.8. The smallest absolute Gasteiger partial charge is 0.329 e. The highest BCUT2D eigenvalue weighted by molar-refractivity contribution is 6.05. The fraction of sp³-hybridized carbons (Fsp3) is 0.296. The van der Waals surface area contributed by atoms with Crippen molar-refractivity contribution in [1.29, 1.82) is 0 Å². The molecule has 0 unspecified atom stereocenters. The van der Waals surface area contributed by atoms with Gasteiger partial charge in [0.1, 0.15) is 6.61 Å². The van der Waals surface area contributed by atoms with Crippen molar-refractivity contribution in [1.82, 2.24) is 24.8 Å². The highest BCUT2D eigenvalue weighted by atomic mass is 16.5. The van der Waals surface area contributed by atoms with E-state index in [9.17, 15) is 14.4 Å². The van der Waals surface area contributed by atoms with E-state index in [1.807, 2.05) is 37.3 Å². The molecule has 3 aromatic heterocycles. The Morgan fingerprint density at radius 1 is 1.14 bits per heavy atom. The van der Waals surface area contributed by atoms with Crippen molar-refractivity contribution in [2.24, 2.45) is 0 Å². The summed E-state index contributed by atoms with van der Waals surface area (Å²) in [7, 11) is 0. The normalized spacial score (nSPS) is 13.0. The van der Waals surface area contributed by atoms with Crippen LogP contribution in [0.4, 0.5) is 0 Å². The Morgan fingerprint density at radius 3 is 2.69 bits per heavy atom. The van der Waals surface area contributed by atoms with E-state index in [-0.39, 0.29) is 29.1 Å². The maximum Gasteiger partial charge on any atom is 0.329 e. The molecule has 36 heavy (non-hydrogen) atoms. The fourth-order valence-corrected chi connectivity index (χ4v) is 4.14. The summed E-state index contributed by atoms with van der Waals surface area (Å²) < 4.78 is 7.23. The molecule has 5 rings (SSSR count). The number of rotatable bonds is 9. The standard InChI is InChI=1S/C27H27N5O4/c1-2-12-32-24-23(26(34)31-27(32)35)20(14-21(30-24)19-8-9-19)25(33)29-15-18-10-11-28-22(13-18)36-16-17-6-4-3-5-7-17/h3-7,10-11,13-14,19H,2,8-9,12,15-16H2,1H3,(H,29,33)(H,31,34,35). The minimum atomic E-state index is -0.608. The molecule has 1 aromatic carbocycles. The van der Waals surface area contributed by atoms with E-state index in [4.69, 9.17) is 4.74 Å². The van der Waals surface area contributed by atoms with Crippen molar-refractivity contribution < 1.29 is 9.53 Å². The predicted molar refractivity (Wildman–Crippen MR) is 135 cm³/mol. The molecular weight excluding hydrogens is 458 g/mol. The van der Waals surface area contributed by atoms with Gasteiger partial charge in [-0.3, -0.25) is 19.1 Å². The summed E-state index contributed by atoms with van der Waals surface area (Å²) in [6.45, 7) is 2.95. The number of fused-ring (bicyclic) bond motifs is 1. The van der Waals surface area contributed by atoms with Gasteiger partial charge in [0.2, 0.25) is 5.88 Å². The highest BCUT2D eigenvalue weighted by Crippen LogP contribution is 2.39. The Morgan fingerprint density at radius 2 is 1.94 bits per heavy atom. The predicted octanol–water partition coefficient (Wildman–Crippen LogP) is 3.28. The molecule has 0 atom stereocenters. The van der Waals surface area contributed by atoms with E-state index in [0.717, 1.165) is 29.7 Å². The van der Waals surface area contributed by atoms with Crippen LogP contribution in [0.15, 0.2) is 64.3 Å². The molecule has 0 bridgehead atoms. The Hall–Kier alpha value is -4.27. The van der Waals surface area contributed by atoms with E-state index in [0.29, 0.717) is 25.5 Å². The average molecular weight is 486 g/mol. The van der Waals surface area contributed by atoms with Crippen LogP contribution >= 0.6 is 0 Å². The van der Waals surface area contributed by atoms with Gasteiger partial charge in [-0.05, 0) is 42.5 Å². The van der Waals surface area contributed by atoms with Gasteiger partial charge in [-0.1, -0.05) is 37.3 Å². The van der Waals surface area contributed by atoms with Crippen molar-refractivity contribution in [3.8, 4) is 5.88 Å². The summed E-state index contributed by atoms with van der Waals surface area (Å²) >= 11 is 0. The lowest BCUT2D eigenvalue weighted by molar-refractivity contribution is 0.0952. The van der Waals surface area contributed by atoms with Crippen LogP contribution in [-0.4, -0.2) is 25.4 Å². The number of aromatic amines is 1. The van der Waals surface area contributed by atoms with Crippen molar-refractivity contribution in [3.63, 3.8) is 0 Å². The van der Waals surface area contributed by atoms with Crippen LogP contribution in [0.3, 0.4) is 0 Å². The second-order valence-corrected chi connectivity index (χ2v) is 8.94. The quantitative estimate of drug-likeness (QED) is 0.376. The third kappa shape index (κ3) is 5.05. The first-order valence-electron chi connectivity index (χ1n) is 12.1. The SMILES string of the molecule is CCCn1c(=O)[nH]c(=O)c2c(C(=O)NCc3ccnc(OCc4ccccc4)c3)cc(C3CC3)nc21. The summed E-state index contributed by atoms with van der Waals surface area (Å²) in [5.41, 5.74) is 1.94. The van der Waals surface area contributed by atoms with Crippen molar-refractivity contribution in [2.45, 2.75) is 51.8 Å². The molecule has 1 aliphatic rings. The molecule has 2 N–H and O–H groups in total. The molecule has 9 heteroatoms. The molecule has 1 amide bonds. The molecule has 184 valence electrons. The number of hydrogen-bond donors (Lipinski definition) is 2. The number of carbonyl (C=O) groups is 1. The van der Waals surface area contributed by atoms with Crippen LogP contribution in [0.2, 0.25) is 0 Å². The maximum absolute atomic E-state index is 13.3. The Bertz CT molecular complexity index is 1520. The first kappa shape index (κ1) is 23.5. The van der Waals surface area contributed by atoms with Crippen LogP contribution in [0, 0.1) is 0 Å². The van der Waals surface area contributed by atoms with Gasteiger partial charge in [-0.2, -0.15) is 0 Å². The third-order valence-electron chi connectivity index (χ3n) is 6.14. The van der Waals surface area contributed by atoms with Crippen molar-refractivity contribution in [2.75, 3.05) is 0 Å². The number of nitrogens with zero attached hydrogens (tertiary/aromatic N) is 3. The van der Waals surface area contributed by atoms with Crippen LogP contribution in [0.1, 0.15) is 59.3 Å². The highest BCUT2D eigenvalue weighted by Gasteiger charge is 2.28. The minimum Gasteiger partial charge on any atom is -0.473 e. The third-order valence-corrected chi connectivity index (χ3v) is 6.14. The van der Waals surface area contributed by atoms with Gasteiger partial charge < -0.3 is 10.1 Å². The van der Waals surface area contributed by atoms with Crippen molar-refractivity contribution >= 4 is 16.9 Å². The number of nitrogens with one attached hydrogen (secondary N) is 2. The van der Waals surface area contributed by atoms with Crippen LogP contribution in [0.25, 0.3) is 11.0 Å². The molecule has 4 aromatic rings. The van der Waals surface area contributed by atoms with Gasteiger partial charge in [-0.25, -0.2) is 14.8 Å². The van der Waals surface area contributed by atoms with E-state index >= 15 is 0 Å². The Labute approximate surface area is 207 Å². The van der Waals surface area contributed by atoms with Gasteiger partial charge in [0.05, 0.1) is 10.9 Å². The molecular formula is C27H27N5O4. The molecule has 1 aliphatic carbocycles. The number of benzene rings is 1. The molecule has 0 spiro atoms. The zero-order valence-electron chi connectivity index (χ0n) is 20.0. The maximum atomic E-state index is 13.3. The lowest BCUT2D eigenvalue weighted by Gasteiger charge is -2.13. The van der Waals surface area contributed by atoms with Crippen LogP contribution in [-0.2, 0) is 19.7 Å². The number of aromatic nitrogens is 4. The largest absolute Gasteiger partial charge is 0.473 e. The molecule has 9 nitrogen and oxygen atoms in total. The van der Waals surface area contributed by atoms with E-state index in [2.05, 4.69) is 20.3 Å². The molecule has 3 heterocycles. The van der Waals surface area contributed by atoms with E-state index in [1.165, 1.54) is 4.57 Å². The van der Waals surface area contributed by atoms with Crippen molar-refractivity contribution in [3.05, 3.63) is 98.0 Å². The zero-order valence-corrected chi connectivity index (χ0v) is 20.0. The first-order valence-corrected chi connectivity index (χ1v) is 12.1. The van der Waals surface area contributed by atoms with Gasteiger partial charge in [-0.15, -0.1) is 0 Å². The molecule has 0 saturated heterocycles. The van der Waals surface area contributed by atoms with Gasteiger partial charge in [0, 0.05) is 37.0 Å². The Kier molecular flexibility index (Phi) is 6.62. The second kappa shape index (κ2) is 10.2.